The van der Waals surface area contributed by atoms with E-state index in [1.54, 1.807) is 6.07 Å². The summed E-state index contributed by atoms with van der Waals surface area (Å²) in [6, 6.07) is 5.76. The Morgan fingerprint density at radius 3 is 2.82 bits per heavy atom. The summed E-state index contributed by atoms with van der Waals surface area (Å²) in [5.41, 5.74) is -0.527. The van der Waals surface area contributed by atoms with Crippen LogP contribution in [0.25, 0.3) is 0 Å². The molecular weight excluding hydrogens is 247 g/mol. The maximum atomic E-state index is 13.3. The maximum absolute atomic E-state index is 13.3. The lowest BCUT2D eigenvalue weighted by molar-refractivity contribution is 0.429. The summed E-state index contributed by atoms with van der Waals surface area (Å²) in [6.45, 7) is 0. The first kappa shape index (κ1) is 11.6. The molecule has 0 unspecified atom stereocenters. The first-order valence-electron chi connectivity index (χ1n) is 4.74. The third-order valence-electron chi connectivity index (χ3n) is 2.10. The number of halogens is 2. The molecule has 0 fully saturated rings. The highest BCUT2D eigenvalue weighted by molar-refractivity contribution is 6.31. The number of ether oxygens (including phenoxy) is 1. The van der Waals surface area contributed by atoms with Crippen LogP contribution in [0.4, 0.5) is 4.39 Å². The van der Waals surface area contributed by atoms with Gasteiger partial charge in [-0.25, -0.2) is 9.07 Å². The first-order valence-corrected chi connectivity index (χ1v) is 5.11. The molecule has 0 bridgehead atoms. The summed E-state index contributed by atoms with van der Waals surface area (Å²) >= 11 is 5.78. The van der Waals surface area contributed by atoms with Crippen molar-refractivity contribution in [1.82, 2.24) is 9.78 Å². The minimum absolute atomic E-state index is 0.0383. The van der Waals surface area contributed by atoms with Crippen LogP contribution in [0.2, 0.25) is 5.02 Å². The highest BCUT2D eigenvalue weighted by Gasteiger charge is 2.12. The van der Waals surface area contributed by atoms with Gasteiger partial charge in [0.25, 0.3) is 0 Å². The molecule has 4 nitrogen and oxygen atoms in total. The van der Waals surface area contributed by atoms with Crippen molar-refractivity contribution in [3.8, 4) is 11.5 Å². The normalized spacial score (nSPS) is 10.3. The van der Waals surface area contributed by atoms with Crippen molar-refractivity contribution >= 4 is 11.6 Å². The molecular formula is C11H8ClFN2O2. The van der Waals surface area contributed by atoms with E-state index in [0.29, 0.717) is 0 Å². The average Bonchev–Trinajstić information content (AvgIpc) is 2.32. The van der Waals surface area contributed by atoms with E-state index in [9.17, 15) is 9.18 Å². The highest BCUT2D eigenvalue weighted by Crippen LogP contribution is 2.26. The summed E-state index contributed by atoms with van der Waals surface area (Å²) < 4.78 is 19.6. The second-order valence-electron chi connectivity index (χ2n) is 3.28. The van der Waals surface area contributed by atoms with Crippen molar-refractivity contribution in [3.63, 3.8) is 0 Å². The van der Waals surface area contributed by atoms with Crippen LogP contribution in [-0.2, 0) is 7.05 Å². The molecule has 0 aliphatic carbocycles. The van der Waals surface area contributed by atoms with Crippen LogP contribution < -0.4 is 10.3 Å². The number of aromatic nitrogens is 2. The summed E-state index contributed by atoms with van der Waals surface area (Å²) in [4.78, 5) is 11.7. The minimum atomic E-state index is -0.567. The molecule has 0 radical (unpaired) electrons. The number of nitrogens with zero attached hydrogens (tertiary/aromatic N) is 2. The molecule has 1 heterocycles. The third-order valence-corrected chi connectivity index (χ3v) is 2.37. The van der Waals surface area contributed by atoms with Crippen LogP contribution in [0, 0.1) is 5.82 Å². The second-order valence-corrected chi connectivity index (χ2v) is 3.69. The van der Waals surface area contributed by atoms with Gasteiger partial charge in [0.1, 0.15) is 5.02 Å². The maximum Gasteiger partial charge on any atom is 0.311 e. The van der Waals surface area contributed by atoms with E-state index >= 15 is 0 Å². The van der Waals surface area contributed by atoms with Gasteiger partial charge in [0.05, 0.1) is 6.20 Å². The zero-order valence-electron chi connectivity index (χ0n) is 8.85. The van der Waals surface area contributed by atoms with Gasteiger partial charge in [0, 0.05) is 7.05 Å². The standard InChI is InChI=1S/C11H8ClFN2O2/c1-15-11(16)10(7(12)6-14-15)17-9-5-3-2-4-8(9)13/h2-6H,1H3. The quantitative estimate of drug-likeness (QED) is 0.826. The van der Waals surface area contributed by atoms with Crippen LogP contribution in [0.15, 0.2) is 35.3 Å². The fourth-order valence-corrected chi connectivity index (χ4v) is 1.39. The lowest BCUT2D eigenvalue weighted by atomic mass is 10.3. The summed E-state index contributed by atoms with van der Waals surface area (Å²) in [6.07, 6.45) is 1.26. The van der Waals surface area contributed by atoms with Crippen molar-refractivity contribution < 1.29 is 9.13 Å². The van der Waals surface area contributed by atoms with Crippen LogP contribution >= 0.6 is 11.6 Å². The van der Waals surface area contributed by atoms with E-state index < -0.39 is 11.4 Å². The summed E-state index contributed by atoms with van der Waals surface area (Å²) in [7, 11) is 1.45. The van der Waals surface area contributed by atoms with Crippen molar-refractivity contribution in [1.29, 1.82) is 0 Å². The van der Waals surface area contributed by atoms with Gasteiger partial charge in [0.15, 0.2) is 11.6 Å². The third kappa shape index (κ3) is 2.29. The second kappa shape index (κ2) is 4.55. The van der Waals surface area contributed by atoms with E-state index in [1.807, 2.05) is 0 Å². The molecule has 0 N–H and O–H groups in total. The molecule has 0 amide bonds. The van der Waals surface area contributed by atoms with Crippen molar-refractivity contribution in [2.45, 2.75) is 0 Å². The Kier molecular flexibility index (Phi) is 3.10. The number of benzene rings is 1. The molecule has 0 aliphatic heterocycles. The van der Waals surface area contributed by atoms with E-state index in [0.717, 1.165) is 4.68 Å². The van der Waals surface area contributed by atoms with Gasteiger partial charge in [-0.1, -0.05) is 23.7 Å². The van der Waals surface area contributed by atoms with Gasteiger partial charge in [-0.05, 0) is 12.1 Å². The van der Waals surface area contributed by atoms with Crippen LogP contribution in [0.1, 0.15) is 0 Å². The predicted octanol–water partition coefficient (Wildman–Crippen LogP) is 2.37. The Morgan fingerprint density at radius 2 is 2.12 bits per heavy atom. The Labute approximate surface area is 101 Å². The smallest absolute Gasteiger partial charge is 0.311 e. The molecule has 1 aromatic carbocycles. The minimum Gasteiger partial charge on any atom is -0.447 e. The summed E-state index contributed by atoms with van der Waals surface area (Å²) in [5.74, 6) is -0.769. The van der Waals surface area contributed by atoms with Crippen molar-refractivity contribution in [3.05, 3.63) is 51.7 Å². The van der Waals surface area contributed by atoms with Gasteiger partial charge in [0.2, 0.25) is 5.75 Å². The lowest BCUT2D eigenvalue weighted by Gasteiger charge is -2.07. The number of rotatable bonds is 2. The van der Waals surface area contributed by atoms with Crippen molar-refractivity contribution in [2.75, 3.05) is 0 Å². The van der Waals surface area contributed by atoms with Gasteiger partial charge < -0.3 is 4.74 Å². The molecule has 0 saturated carbocycles. The first-order chi connectivity index (χ1) is 8.09. The largest absolute Gasteiger partial charge is 0.447 e. The molecule has 0 spiro atoms. The van der Waals surface area contributed by atoms with E-state index in [1.165, 1.54) is 31.4 Å². The van der Waals surface area contributed by atoms with Gasteiger partial charge in [-0.3, -0.25) is 4.79 Å². The Balaban J connectivity index is 2.47. The monoisotopic (exact) mass is 254 g/mol. The molecule has 6 heteroatoms. The average molecular weight is 255 g/mol. The zero-order chi connectivity index (χ0) is 12.4. The number of hydrogen-bond acceptors (Lipinski definition) is 3. The highest BCUT2D eigenvalue weighted by atomic mass is 35.5. The van der Waals surface area contributed by atoms with Crippen LogP contribution in [-0.4, -0.2) is 9.78 Å². The fraction of sp³-hybridized carbons (Fsp3) is 0.0909. The predicted molar refractivity (Wildman–Crippen MR) is 61.0 cm³/mol. The SMILES string of the molecule is Cn1ncc(Cl)c(Oc2ccccc2F)c1=O. The number of para-hydroxylation sites is 1. The van der Waals surface area contributed by atoms with Gasteiger partial charge >= 0.3 is 5.56 Å². The Morgan fingerprint density at radius 1 is 1.41 bits per heavy atom. The fourth-order valence-electron chi connectivity index (χ4n) is 1.23. The molecule has 1 aromatic heterocycles. The lowest BCUT2D eigenvalue weighted by Crippen LogP contribution is -2.20. The molecule has 2 aromatic rings. The van der Waals surface area contributed by atoms with Crippen LogP contribution in [0.3, 0.4) is 0 Å². The molecule has 88 valence electrons. The molecule has 0 aliphatic rings. The van der Waals surface area contributed by atoms with E-state index in [2.05, 4.69) is 5.10 Å². The van der Waals surface area contributed by atoms with Crippen LogP contribution in [0.5, 0.6) is 11.5 Å². The Bertz CT molecular complexity index is 613. The van der Waals surface area contributed by atoms with Crippen molar-refractivity contribution in [2.24, 2.45) is 7.05 Å². The Hall–Kier alpha value is -1.88. The van der Waals surface area contributed by atoms with Gasteiger partial charge in [-0.15, -0.1) is 0 Å². The zero-order valence-corrected chi connectivity index (χ0v) is 9.61. The van der Waals surface area contributed by atoms with Gasteiger partial charge in [-0.2, -0.15) is 5.10 Å². The number of hydrogen-bond donors (Lipinski definition) is 0. The molecule has 2 rings (SSSR count). The topological polar surface area (TPSA) is 44.1 Å². The number of aryl methyl sites for hydroxylation is 1. The van der Waals surface area contributed by atoms with E-state index in [-0.39, 0.29) is 16.5 Å². The summed E-state index contributed by atoms with van der Waals surface area (Å²) in [5, 5.41) is 3.74. The molecule has 0 atom stereocenters. The molecule has 0 saturated heterocycles. The molecule has 17 heavy (non-hydrogen) atoms. The van der Waals surface area contributed by atoms with E-state index in [4.69, 9.17) is 16.3 Å².